The minimum absolute atomic E-state index is 0.786. The molecule has 2 aromatic heterocycles. The molecule has 0 unspecified atom stereocenters. The van der Waals surface area contributed by atoms with E-state index in [0.717, 1.165) is 22.9 Å². The lowest BCUT2D eigenvalue weighted by Gasteiger charge is -1.99. The second kappa shape index (κ2) is 5.33. The standard InChI is InChI=1S/C14H12N2S2/c1-2-4-11(5-3-1)13-10-18-14(16-13)8-15-12-6-7-17-9-12/h1-7,9-10,15H,8H2. The fourth-order valence-corrected chi connectivity index (χ4v) is 3.03. The first-order valence-electron chi connectivity index (χ1n) is 5.68. The van der Waals surface area contributed by atoms with Crippen LogP contribution in [0.1, 0.15) is 5.01 Å². The Morgan fingerprint density at radius 1 is 1.06 bits per heavy atom. The normalized spacial score (nSPS) is 10.4. The van der Waals surface area contributed by atoms with Gasteiger partial charge in [-0.3, -0.25) is 0 Å². The van der Waals surface area contributed by atoms with Gasteiger partial charge in [0, 0.05) is 22.0 Å². The number of hydrogen-bond acceptors (Lipinski definition) is 4. The van der Waals surface area contributed by atoms with Crippen molar-refractivity contribution in [2.24, 2.45) is 0 Å². The van der Waals surface area contributed by atoms with E-state index in [1.807, 2.05) is 18.2 Å². The van der Waals surface area contributed by atoms with Crippen LogP contribution in [0.3, 0.4) is 0 Å². The number of benzene rings is 1. The van der Waals surface area contributed by atoms with E-state index < -0.39 is 0 Å². The largest absolute Gasteiger partial charge is 0.378 e. The third kappa shape index (κ3) is 2.60. The minimum atomic E-state index is 0.786. The van der Waals surface area contributed by atoms with Crippen molar-refractivity contribution in [1.82, 2.24) is 4.98 Å². The maximum Gasteiger partial charge on any atom is 0.112 e. The average Bonchev–Trinajstić information content (AvgIpc) is 3.09. The van der Waals surface area contributed by atoms with Crippen molar-refractivity contribution in [3.05, 3.63) is 57.5 Å². The summed E-state index contributed by atoms with van der Waals surface area (Å²) in [5.74, 6) is 0. The highest BCUT2D eigenvalue weighted by atomic mass is 32.1. The predicted molar refractivity (Wildman–Crippen MR) is 79.2 cm³/mol. The van der Waals surface area contributed by atoms with Gasteiger partial charge in [-0.2, -0.15) is 11.3 Å². The summed E-state index contributed by atoms with van der Waals surface area (Å²) in [6, 6.07) is 12.4. The highest BCUT2D eigenvalue weighted by molar-refractivity contribution is 7.10. The van der Waals surface area contributed by atoms with Crippen LogP contribution >= 0.6 is 22.7 Å². The number of anilines is 1. The van der Waals surface area contributed by atoms with Crippen LogP contribution in [0.2, 0.25) is 0 Å². The molecule has 3 rings (SSSR count). The van der Waals surface area contributed by atoms with Crippen molar-refractivity contribution in [1.29, 1.82) is 0 Å². The lowest BCUT2D eigenvalue weighted by molar-refractivity contribution is 1.11. The van der Waals surface area contributed by atoms with Gasteiger partial charge in [-0.1, -0.05) is 30.3 Å². The first kappa shape index (κ1) is 11.4. The van der Waals surface area contributed by atoms with Crippen LogP contribution in [-0.2, 0) is 6.54 Å². The summed E-state index contributed by atoms with van der Waals surface area (Å²) in [5.41, 5.74) is 3.40. The van der Waals surface area contributed by atoms with Gasteiger partial charge in [0.25, 0.3) is 0 Å². The highest BCUT2D eigenvalue weighted by Crippen LogP contribution is 2.22. The maximum absolute atomic E-state index is 4.64. The number of rotatable bonds is 4. The highest BCUT2D eigenvalue weighted by Gasteiger charge is 2.03. The third-order valence-electron chi connectivity index (χ3n) is 2.59. The van der Waals surface area contributed by atoms with Crippen molar-refractivity contribution in [2.45, 2.75) is 6.54 Å². The van der Waals surface area contributed by atoms with E-state index in [2.05, 4.69) is 44.6 Å². The van der Waals surface area contributed by atoms with Crippen LogP contribution < -0.4 is 5.32 Å². The SMILES string of the molecule is c1ccc(-c2csc(CNc3ccsc3)n2)cc1. The molecule has 18 heavy (non-hydrogen) atoms. The fraction of sp³-hybridized carbons (Fsp3) is 0.0714. The molecule has 2 nitrogen and oxygen atoms in total. The van der Waals surface area contributed by atoms with E-state index in [4.69, 9.17) is 0 Å². The molecule has 1 aromatic carbocycles. The van der Waals surface area contributed by atoms with Gasteiger partial charge in [-0.05, 0) is 11.4 Å². The first-order valence-corrected chi connectivity index (χ1v) is 7.50. The Morgan fingerprint density at radius 3 is 2.72 bits per heavy atom. The van der Waals surface area contributed by atoms with E-state index in [-0.39, 0.29) is 0 Å². The Morgan fingerprint density at radius 2 is 1.94 bits per heavy atom. The number of aromatic nitrogens is 1. The molecule has 0 radical (unpaired) electrons. The van der Waals surface area contributed by atoms with E-state index in [1.54, 1.807) is 22.7 Å². The summed E-state index contributed by atoms with van der Waals surface area (Å²) in [6.45, 7) is 0.786. The molecule has 0 atom stereocenters. The zero-order valence-electron chi connectivity index (χ0n) is 9.67. The van der Waals surface area contributed by atoms with Gasteiger partial charge < -0.3 is 5.32 Å². The second-order valence-corrected chi connectivity index (χ2v) is 5.58. The van der Waals surface area contributed by atoms with Crippen LogP contribution in [-0.4, -0.2) is 4.98 Å². The molecule has 3 aromatic rings. The van der Waals surface area contributed by atoms with Gasteiger partial charge in [0.1, 0.15) is 5.01 Å². The Hall–Kier alpha value is -1.65. The van der Waals surface area contributed by atoms with Crippen molar-refractivity contribution >= 4 is 28.4 Å². The van der Waals surface area contributed by atoms with E-state index in [9.17, 15) is 0 Å². The molecule has 90 valence electrons. The Bertz CT molecular complexity index is 600. The van der Waals surface area contributed by atoms with Gasteiger partial charge in [-0.25, -0.2) is 4.98 Å². The van der Waals surface area contributed by atoms with Crippen molar-refractivity contribution in [2.75, 3.05) is 5.32 Å². The smallest absolute Gasteiger partial charge is 0.112 e. The number of nitrogens with one attached hydrogen (secondary N) is 1. The lowest BCUT2D eigenvalue weighted by atomic mass is 10.2. The topological polar surface area (TPSA) is 24.9 Å². The Balaban J connectivity index is 1.70. The van der Waals surface area contributed by atoms with E-state index in [0.29, 0.717) is 0 Å². The summed E-state index contributed by atoms with van der Waals surface area (Å²) in [7, 11) is 0. The average molecular weight is 272 g/mol. The third-order valence-corrected chi connectivity index (χ3v) is 4.12. The van der Waals surface area contributed by atoms with Gasteiger partial charge in [-0.15, -0.1) is 11.3 Å². The molecule has 0 saturated heterocycles. The number of hydrogen-bond donors (Lipinski definition) is 1. The summed E-state index contributed by atoms with van der Waals surface area (Å²) < 4.78 is 0. The van der Waals surface area contributed by atoms with Crippen molar-refractivity contribution in [3.8, 4) is 11.3 Å². The fourth-order valence-electron chi connectivity index (χ4n) is 1.68. The molecule has 0 amide bonds. The lowest BCUT2D eigenvalue weighted by Crippen LogP contribution is -1.97. The molecule has 0 aliphatic rings. The second-order valence-electron chi connectivity index (χ2n) is 3.86. The number of thiophene rings is 1. The van der Waals surface area contributed by atoms with Gasteiger partial charge >= 0.3 is 0 Å². The van der Waals surface area contributed by atoms with Crippen molar-refractivity contribution in [3.63, 3.8) is 0 Å². The van der Waals surface area contributed by atoms with Gasteiger partial charge in [0.15, 0.2) is 0 Å². The minimum Gasteiger partial charge on any atom is -0.378 e. The maximum atomic E-state index is 4.64. The molecular formula is C14H12N2S2. The molecule has 1 N–H and O–H groups in total. The molecule has 2 heterocycles. The molecule has 4 heteroatoms. The monoisotopic (exact) mass is 272 g/mol. The molecule has 0 spiro atoms. The first-order chi connectivity index (χ1) is 8.92. The molecule has 0 bridgehead atoms. The predicted octanol–water partition coefficient (Wildman–Crippen LogP) is 4.48. The van der Waals surface area contributed by atoms with Crippen LogP contribution in [0.25, 0.3) is 11.3 Å². The van der Waals surface area contributed by atoms with E-state index in [1.165, 1.54) is 5.56 Å². The van der Waals surface area contributed by atoms with Gasteiger partial charge in [0.05, 0.1) is 12.2 Å². The molecular weight excluding hydrogens is 260 g/mol. The number of thiazole rings is 1. The Kier molecular flexibility index (Phi) is 3.39. The van der Waals surface area contributed by atoms with Crippen LogP contribution in [0.4, 0.5) is 5.69 Å². The molecule has 0 fully saturated rings. The van der Waals surface area contributed by atoms with Crippen LogP contribution in [0.15, 0.2) is 52.5 Å². The summed E-state index contributed by atoms with van der Waals surface area (Å²) in [6.07, 6.45) is 0. The molecule has 0 aliphatic heterocycles. The zero-order chi connectivity index (χ0) is 12.2. The van der Waals surface area contributed by atoms with Crippen LogP contribution in [0.5, 0.6) is 0 Å². The quantitative estimate of drug-likeness (QED) is 0.757. The van der Waals surface area contributed by atoms with Crippen LogP contribution in [0, 0.1) is 0 Å². The van der Waals surface area contributed by atoms with E-state index >= 15 is 0 Å². The summed E-state index contributed by atoms with van der Waals surface area (Å²) in [4.78, 5) is 4.64. The summed E-state index contributed by atoms with van der Waals surface area (Å²) >= 11 is 3.39. The van der Waals surface area contributed by atoms with Crippen molar-refractivity contribution < 1.29 is 0 Å². The molecule has 0 saturated carbocycles. The zero-order valence-corrected chi connectivity index (χ0v) is 11.3. The molecule has 0 aliphatic carbocycles. The number of nitrogens with zero attached hydrogens (tertiary/aromatic N) is 1. The Labute approximate surface area is 114 Å². The van der Waals surface area contributed by atoms with Gasteiger partial charge in [0.2, 0.25) is 0 Å². The summed E-state index contributed by atoms with van der Waals surface area (Å²) in [5, 5.41) is 10.8.